The molecule has 1 aromatic heterocycles. The normalized spacial score (nSPS) is 20.4. The largest absolute Gasteiger partial charge is 0.478 e. The number of aromatic carboxylic acids is 1. The molecular formula is C11H15NO5S. The SMILES string of the molecule is O=C(O)c1ccoc1CN1CCCS(=O)(=O)CC1. The highest BCUT2D eigenvalue weighted by molar-refractivity contribution is 7.91. The predicted octanol–water partition coefficient (Wildman–Crippen LogP) is 0.598. The molecule has 0 bridgehead atoms. The molecule has 18 heavy (non-hydrogen) atoms. The van der Waals surface area contributed by atoms with Gasteiger partial charge in [0.1, 0.15) is 11.3 Å². The number of carboxylic acid groups (broad SMARTS) is 1. The second-order valence-electron chi connectivity index (χ2n) is 4.34. The summed E-state index contributed by atoms with van der Waals surface area (Å²) in [6.45, 7) is 1.39. The van der Waals surface area contributed by atoms with Gasteiger partial charge in [-0.15, -0.1) is 0 Å². The molecule has 0 amide bonds. The van der Waals surface area contributed by atoms with Crippen molar-refractivity contribution in [2.24, 2.45) is 0 Å². The van der Waals surface area contributed by atoms with E-state index in [1.54, 1.807) is 0 Å². The molecule has 1 saturated heterocycles. The van der Waals surface area contributed by atoms with Gasteiger partial charge in [-0.1, -0.05) is 0 Å². The highest BCUT2D eigenvalue weighted by Crippen LogP contribution is 2.15. The third-order valence-corrected chi connectivity index (χ3v) is 4.71. The van der Waals surface area contributed by atoms with Gasteiger partial charge in [0.2, 0.25) is 0 Å². The van der Waals surface area contributed by atoms with E-state index in [1.165, 1.54) is 12.3 Å². The van der Waals surface area contributed by atoms with E-state index in [0.29, 0.717) is 31.8 Å². The average molecular weight is 273 g/mol. The van der Waals surface area contributed by atoms with Crippen LogP contribution in [-0.4, -0.2) is 49.0 Å². The Hall–Kier alpha value is -1.34. The summed E-state index contributed by atoms with van der Waals surface area (Å²) in [5, 5.41) is 8.95. The Bertz CT molecular complexity index is 533. The number of sulfone groups is 1. The van der Waals surface area contributed by atoms with Crippen molar-refractivity contribution in [2.45, 2.75) is 13.0 Å². The van der Waals surface area contributed by atoms with Gasteiger partial charge in [-0.2, -0.15) is 0 Å². The van der Waals surface area contributed by atoms with E-state index in [2.05, 4.69) is 0 Å². The minimum Gasteiger partial charge on any atom is -0.478 e. The van der Waals surface area contributed by atoms with Crippen LogP contribution in [0.25, 0.3) is 0 Å². The molecule has 2 rings (SSSR count). The molecule has 1 fully saturated rings. The molecule has 0 unspecified atom stereocenters. The molecule has 0 atom stereocenters. The van der Waals surface area contributed by atoms with Crippen molar-refractivity contribution in [1.82, 2.24) is 4.90 Å². The molecule has 1 aliphatic heterocycles. The number of rotatable bonds is 3. The fraction of sp³-hybridized carbons (Fsp3) is 0.545. The lowest BCUT2D eigenvalue weighted by Crippen LogP contribution is -2.27. The number of hydrogen-bond donors (Lipinski definition) is 1. The Kier molecular flexibility index (Phi) is 3.72. The summed E-state index contributed by atoms with van der Waals surface area (Å²) in [4.78, 5) is 12.8. The molecule has 6 nitrogen and oxygen atoms in total. The Morgan fingerprint density at radius 3 is 2.89 bits per heavy atom. The zero-order valence-corrected chi connectivity index (χ0v) is 10.6. The first-order valence-electron chi connectivity index (χ1n) is 5.70. The van der Waals surface area contributed by atoms with Crippen molar-refractivity contribution in [3.8, 4) is 0 Å². The van der Waals surface area contributed by atoms with Crippen LogP contribution in [-0.2, 0) is 16.4 Å². The Balaban J connectivity index is 2.05. The van der Waals surface area contributed by atoms with Crippen LogP contribution < -0.4 is 0 Å². The van der Waals surface area contributed by atoms with Crippen LogP contribution in [0.5, 0.6) is 0 Å². The molecule has 1 N–H and O–H groups in total. The number of nitrogens with zero attached hydrogens (tertiary/aromatic N) is 1. The molecule has 7 heteroatoms. The van der Waals surface area contributed by atoms with Gasteiger partial charge < -0.3 is 9.52 Å². The standard InChI is InChI=1S/C11H15NO5S/c13-11(14)9-2-5-17-10(9)8-12-3-1-6-18(15,16)7-4-12/h2,5H,1,3-4,6-8H2,(H,13,14). The first-order chi connectivity index (χ1) is 8.48. The van der Waals surface area contributed by atoms with E-state index >= 15 is 0 Å². The molecule has 0 aliphatic carbocycles. The van der Waals surface area contributed by atoms with Gasteiger partial charge in [0.05, 0.1) is 24.3 Å². The molecule has 1 aromatic rings. The molecule has 0 aromatic carbocycles. The summed E-state index contributed by atoms with van der Waals surface area (Å²) < 4.78 is 28.0. The first-order valence-corrected chi connectivity index (χ1v) is 7.52. The first kappa shape index (κ1) is 13.1. The van der Waals surface area contributed by atoms with Gasteiger partial charge in [0, 0.05) is 6.54 Å². The summed E-state index contributed by atoms with van der Waals surface area (Å²) in [6.07, 6.45) is 1.92. The van der Waals surface area contributed by atoms with Gasteiger partial charge in [-0.05, 0) is 19.0 Å². The summed E-state index contributed by atoms with van der Waals surface area (Å²) >= 11 is 0. The van der Waals surface area contributed by atoms with Crippen LogP contribution >= 0.6 is 0 Å². The number of carbonyl (C=O) groups is 1. The van der Waals surface area contributed by atoms with Crippen LogP contribution in [0.3, 0.4) is 0 Å². The average Bonchev–Trinajstić information content (AvgIpc) is 2.66. The minimum absolute atomic E-state index is 0.121. The third-order valence-electron chi connectivity index (χ3n) is 2.99. The van der Waals surface area contributed by atoms with E-state index in [4.69, 9.17) is 9.52 Å². The number of hydrogen-bond acceptors (Lipinski definition) is 5. The molecule has 0 spiro atoms. The third kappa shape index (κ3) is 3.11. The highest BCUT2D eigenvalue weighted by atomic mass is 32.2. The lowest BCUT2D eigenvalue weighted by atomic mass is 10.2. The monoisotopic (exact) mass is 273 g/mol. The Morgan fingerprint density at radius 2 is 2.17 bits per heavy atom. The molecule has 100 valence electrons. The van der Waals surface area contributed by atoms with Crippen molar-refractivity contribution >= 4 is 15.8 Å². The maximum Gasteiger partial charge on any atom is 0.339 e. The van der Waals surface area contributed by atoms with E-state index < -0.39 is 15.8 Å². The van der Waals surface area contributed by atoms with Crippen LogP contribution in [0.4, 0.5) is 0 Å². The molecular weight excluding hydrogens is 258 g/mol. The molecule has 1 aliphatic rings. The fourth-order valence-electron chi connectivity index (χ4n) is 2.00. The van der Waals surface area contributed by atoms with Gasteiger partial charge in [0.25, 0.3) is 0 Å². The van der Waals surface area contributed by atoms with Crippen molar-refractivity contribution < 1.29 is 22.7 Å². The lowest BCUT2D eigenvalue weighted by Gasteiger charge is -2.17. The van der Waals surface area contributed by atoms with Crippen LogP contribution in [0.15, 0.2) is 16.7 Å². The van der Waals surface area contributed by atoms with Gasteiger partial charge in [0.15, 0.2) is 9.84 Å². The van der Waals surface area contributed by atoms with Gasteiger partial charge in [-0.25, -0.2) is 13.2 Å². The molecule has 0 saturated carbocycles. The van der Waals surface area contributed by atoms with Crippen molar-refractivity contribution in [3.63, 3.8) is 0 Å². The maximum atomic E-state index is 11.4. The molecule has 2 heterocycles. The summed E-state index contributed by atoms with van der Waals surface area (Å²) in [5.41, 5.74) is 0.141. The van der Waals surface area contributed by atoms with Crippen molar-refractivity contribution in [2.75, 3.05) is 24.6 Å². The van der Waals surface area contributed by atoms with E-state index in [0.717, 1.165) is 0 Å². The van der Waals surface area contributed by atoms with E-state index in [9.17, 15) is 13.2 Å². The van der Waals surface area contributed by atoms with Crippen molar-refractivity contribution in [3.05, 3.63) is 23.7 Å². The second-order valence-corrected chi connectivity index (χ2v) is 6.65. The Labute approximate surface area is 105 Å². The van der Waals surface area contributed by atoms with Crippen LogP contribution in [0.2, 0.25) is 0 Å². The molecule has 0 radical (unpaired) electrons. The van der Waals surface area contributed by atoms with E-state index in [1.807, 2.05) is 4.90 Å². The number of carboxylic acids is 1. The lowest BCUT2D eigenvalue weighted by molar-refractivity contribution is 0.0692. The van der Waals surface area contributed by atoms with E-state index in [-0.39, 0.29) is 17.1 Å². The zero-order valence-electron chi connectivity index (χ0n) is 9.83. The summed E-state index contributed by atoms with van der Waals surface area (Å²) in [7, 11) is -2.95. The van der Waals surface area contributed by atoms with Crippen LogP contribution in [0.1, 0.15) is 22.5 Å². The van der Waals surface area contributed by atoms with Crippen LogP contribution in [0, 0.1) is 0 Å². The zero-order chi connectivity index (χ0) is 13.2. The Morgan fingerprint density at radius 1 is 1.39 bits per heavy atom. The van der Waals surface area contributed by atoms with Crippen molar-refractivity contribution in [1.29, 1.82) is 0 Å². The van der Waals surface area contributed by atoms with Gasteiger partial charge >= 0.3 is 5.97 Å². The van der Waals surface area contributed by atoms with Gasteiger partial charge in [-0.3, -0.25) is 4.90 Å². The number of furan rings is 1. The predicted molar refractivity (Wildman–Crippen MR) is 64.2 cm³/mol. The minimum atomic E-state index is -2.95. The maximum absolute atomic E-state index is 11.4. The quantitative estimate of drug-likeness (QED) is 0.867. The second kappa shape index (κ2) is 5.11. The summed E-state index contributed by atoms with van der Waals surface area (Å²) in [5.74, 6) is -0.327. The smallest absolute Gasteiger partial charge is 0.339 e. The fourth-order valence-corrected chi connectivity index (χ4v) is 3.31. The highest BCUT2D eigenvalue weighted by Gasteiger charge is 2.22. The summed E-state index contributed by atoms with van der Waals surface area (Å²) in [6, 6.07) is 1.41. The topological polar surface area (TPSA) is 87.8 Å².